The Bertz CT molecular complexity index is 1120. The summed E-state index contributed by atoms with van der Waals surface area (Å²) < 4.78 is 9.98. The maximum absolute atomic E-state index is 12.4. The fraction of sp³-hybridized carbons (Fsp3) is 0.182. The van der Waals surface area contributed by atoms with Gasteiger partial charge in [0.2, 0.25) is 0 Å². The number of aryl methyl sites for hydroxylation is 1. The largest absolute Gasteiger partial charge is 0.482 e. The van der Waals surface area contributed by atoms with Gasteiger partial charge in [0.1, 0.15) is 12.3 Å². The van der Waals surface area contributed by atoms with Gasteiger partial charge in [0.15, 0.2) is 6.61 Å². The summed E-state index contributed by atoms with van der Waals surface area (Å²) in [5.41, 5.74) is 2.24. The summed E-state index contributed by atoms with van der Waals surface area (Å²) in [7, 11) is 1.18. The van der Waals surface area contributed by atoms with Crippen molar-refractivity contribution in [2.75, 3.05) is 25.6 Å². The lowest BCUT2D eigenvalue weighted by atomic mass is 10.2. The van der Waals surface area contributed by atoms with E-state index in [9.17, 15) is 19.2 Å². The minimum atomic E-state index is -0.690. The fourth-order valence-corrected chi connectivity index (χ4v) is 3.85. The summed E-state index contributed by atoms with van der Waals surface area (Å²) in [4.78, 5) is 48.8. The number of nitrogens with zero attached hydrogens (tertiary/aromatic N) is 1. The van der Waals surface area contributed by atoms with Crippen molar-refractivity contribution in [3.05, 3.63) is 63.5 Å². The molecule has 0 saturated carbocycles. The van der Waals surface area contributed by atoms with Crippen molar-refractivity contribution in [2.45, 2.75) is 6.92 Å². The monoisotopic (exact) mass is 474 g/mol. The van der Waals surface area contributed by atoms with Gasteiger partial charge in [-0.25, -0.2) is 0 Å². The van der Waals surface area contributed by atoms with E-state index in [-0.39, 0.29) is 22.4 Å². The normalized spacial score (nSPS) is 14.6. The zero-order chi connectivity index (χ0) is 23.3. The molecule has 3 amide bonds. The third-order valence-electron chi connectivity index (χ3n) is 4.30. The molecule has 0 atom stereocenters. The number of amides is 3. The molecule has 1 N–H and O–H groups in total. The van der Waals surface area contributed by atoms with Crippen LogP contribution in [0.4, 0.5) is 10.5 Å². The lowest BCUT2D eigenvalue weighted by Gasteiger charge is -2.10. The van der Waals surface area contributed by atoms with E-state index >= 15 is 0 Å². The summed E-state index contributed by atoms with van der Waals surface area (Å²) in [5, 5.41) is 2.41. The number of ether oxygens (including phenoxy) is 2. The molecule has 0 radical (unpaired) electrons. The second-order valence-electron chi connectivity index (χ2n) is 6.74. The van der Waals surface area contributed by atoms with Crippen molar-refractivity contribution < 1.29 is 28.7 Å². The minimum Gasteiger partial charge on any atom is -0.482 e. The number of esters is 1. The molecule has 8 nitrogen and oxygen atoms in total. The maximum Gasteiger partial charge on any atom is 0.325 e. The molecule has 1 heterocycles. The maximum atomic E-state index is 12.4. The number of nitrogens with one attached hydrogen (secondary N) is 1. The molecule has 3 rings (SSSR count). The molecule has 1 fully saturated rings. The molecule has 2 aromatic rings. The van der Waals surface area contributed by atoms with Crippen molar-refractivity contribution in [3.8, 4) is 5.75 Å². The zero-order valence-electron chi connectivity index (χ0n) is 17.2. The second-order valence-corrected chi connectivity index (χ2v) is 8.14. The predicted octanol–water partition coefficient (Wildman–Crippen LogP) is 3.88. The molecule has 0 unspecified atom stereocenters. The highest BCUT2D eigenvalue weighted by molar-refractivity contribution is 8.18. The number of carbonyl (C=O) groups excluding carboxylic acids is 4. The van der Waals surface area contributed by atoms with Crippen LogP contribution in [-0.2, 0) is 19.1 Å². The Morgan fingerprint density at radius 3 is 2.66 bits per heavy atom. The number of methoxy groups -OCH3 is 1. The predicted molar refractivity (Wildman–Crippen MR) is 121 cm³/mol. The molecular weight excluding hydrogens is 456 g/mol. The second kappa shape index (κ2) is 10.3. The van der Waals surface area contributed by atoms with Gasteiger partial charge in [-0.15, -0.1) is 0 Å². The Morgan fingerprint density at radius 1 is 1.19 bits per heavy atom. The van der Waals surface area contributed by atoms with Gasteiger partial charge >= 0.3 is 5.97 Å². The van der Waals surface area contributed by atoms with E-state index in [0.717, 1.165) is 22.2 Å². The van der Waals surface area contributed by atoms with E-state index < -0.39 is 23.7 Å². The number of imide groups is 1. The number of carbonyl (C=O) groups is 4. The van der Waals surface area contributed by atoms with Crippen LogP contribution in [0.25, 0.3) is 6.08 Å². The fourth-order valence-electron chi connectivity index (χ4n) is 2.77. The number of benzene rings is 2. The van der Waals surface area contributed by atoms with Gasteiger partial charge in [0, 0.05) is 5.69 Å². The number of rotatable bonds is 7. The van der Waals surface area contributed by atoms with Gasteiger partial charge in [-0.2, -0.15) is 0 Å². The number of hydrogen-bond donors (Lipinski definition) is 1. The van der Waals surface area contributed by atoms with Gasteiger partial charge in [-0.05, 0) is 60.2 Å². The molecule has 0 aromatic heterocycles. The molecule has 0 bridgehead atoms. The summed E-state index contributed by atoms with van der Waals surface area (Å²) in [6.07, 6.45) is 1.49. The zero-order valence-corrected chi connectivity index (χ0v) is 18.8. The highest BCUT2D eigenvalue weighted by Gasteiger charge is 2.36. The molecular formula is C22H19ClN2O6S. The number of hydrogen-bond acceptors (Lipinski definition) is 7. The Hall–Kier alpha value is -3.30. The summed E-state index contributed by atoms with van der Waals surface area (Å²) >= 11 is 6.96. The molecule has 166 valence electrons. The molecule has 2 aromatic carbocycles. The molecule has 10 heteroatoms. The third kappa shape index (κ3) is 5.89. The van der Waals surface area contributed by atoms with E-state index in [0.29, 0.717) is 17.0 Å². The van der Waals surface area contributed by atoms with E-state index in [1.54, 1.807) is 24.3 Å². The van der Waals surface area contributed by atoms with Gasteiger partial charge in [-0.1, -0.05) is 29.8 Å². The average Bonchev–Trinajstić information content (AvgIpc) is 3.00. The lowest BCUT2D eigenvalue weighted by molar-refractivity contribution is -0.143. The Labute approximate surface area is 193 Å². The SMILES string of the molecule is COC(=O)CN1C(=O)S/C(=C\c2ccc(OCC(=O)Nc3cccc(C)c3)c(Cl)c2)C1=O. The summed E-state index contributed by atoms with van der Waals surface area (Å²) in [6.45, 7) is 1.24. The van der Waals surface area contributed by atoms with Crippen molar-refractivity contribution in [3.63, 3.8) is 0 Å². The van der Waals surface area contributed by atoms with Crippen molar-refractivity contribution in [1.82, 2.24) is 4.90 Å². The standard InChI is InChI=1S/C22H19ClN2O6S/c1-13-4-3-5-15(8-13)24-19(26)12-31-17-7-6-14(9-16(17)23)10-18-21(28)25(22(29)32-18)11-20(27)30-2/h3-10H,11-12H2,1-2H3,(H,24,26)/b18-10-. The smallest absolute Gasteiger partial charge is 0.325 e. The van der Waals surface area contributed by atoms with Crippen molar-refractivity contribution >= 4 is 58.1 Å². The van der Waals surface area contributed by atoms with E-state index in [2.05, 4.69) is 10.1 Å². The van der Waals surface area contributed by atoms with E-state index in [1.165, 1.54) is 13.2 Å². The van der Waals surface area contributed by atoms with Crippen LogP contribution in [0.5, 0.6) is 5.75 Å². The van der Waals surface area contributed by atoms with Gasteiger partial charge in [0.25, 0.3) is 17.1 Å². The van der Waals surface area contributed by atoms with Gasteiger partial charge in [-0.3, -0.25) is 24.1 Å². The van der Waals surface area contributed by atoms with E-state index in [1.807, 2.05) is 25.1 Å². The first kappa shape index (κ1) is 23.4. The molecule has 0 spiro atoms. The minimum absolute atomic E-state index is 0.154. The quantitative estimate of drug-likeness (QED) is 0.480. The summed E-state index contributed by atoms with van der Waals surface area (Å²) in [6, 6.07) is 12.1. The molecule has 1 saturated heterocycles. The first-order chi connectivity index (χ1) is 15.3. The molecule has 0 aliphatic carbocycles. The van der Waals surface area contributed by atoms with Crippen LogP contribution in [0.15, 0.2) is 47.4 Å². The van der Waals surface area contributed by atoms with Crippen LogP contribution in [0.2, 0.25) is 5.02 Å². The Balaban J connectivity index is 1.62. The highest BCUT2D eigenvalue weighted by atomic mass is 35.5. The summed E-state index contributed by atoms with van der Waals surface area (Å²) in [5.74, 6) is -1.32. The van der Waals surface area contributed by atoms with Crippen LogP contribution in [0, 0.1) is 6.92 Å². The number of thioether (sulfide) groups is 1. The first-order valence-electron chi connectivity index (χ1n) is 9.38. The van der Waals surface area contributed by atoms with Gasteiger partial charge < -0.3 is 14.8 Å². The average molecular weight is 475 g/mol. The Kier molecular flexibility index (Phi) is 7.55. The third-order valence-corrected chi connectivity index (χ3v) is 5.51. The van der Waals surface area contributed by atoms with Crippen LogP contribution in [0.1, 0.15) is 11.1 Å². The number of anilines is 1. The molecule has 1 aliphatic rings. The number of halogens is 1. The van der Waals surface area contributed by atoms with Crippen LogP contribution in [0.3, 0.4) is 0 Å². The molecule has 1 aliphatic heterocycles. The van der Waals surface area contributed by atoms with Crippen molar-refractivity contribution in [2.24, 2.45) is 0 Å². The Morgan fingerprint density at radius 2 is 1.97 bits per heavy atom. The first-order valence-corrected chi connectivity index (χ1v) is 10.6. The van der Waals surface area contributed by atoms with Gasteiger partial charge in [0.05, 0.1) is 17.0 Å². The van der Waals surface area contributed by atoms with Crippen LogP contribution < -0.4 is 10.1 Å². The van der Waals surface area contributed by atoms with Crippen molar-refractivity contribution in [1.29, 1.82) is 0 Å². The topological polar surface area (TPSA) is 102 Å². The van der Waals surface area contributed by atoms with Crippen LogP contribution in [-0.4, -0.2) is 48.2 Å². The highest BCUT2D eigenvalue weighted by Crippen LogP contribution is 2.33. The van der Waals surface area contributed by atoms with E-state index in [4.69, 9.17) is 16.3 Å². The lowest BCUT2D eigenvalue weighted by Crippen LogP contribution is -2.34. The molecule has 32 heavy (non-hydrogen) atoms. The van der Waals surface area contributed by atoms with Crippen LogP contribution >= 0.6 is 23.4 Å².